The van der Waals surface area contributed by atoms with Crippen LogP contribution in [0.2, 0.25) is 0 Å². The second-order valence-corrected chi connectivity index (χ2v) is 13.3. The first-order chi connectivity index (χ1) is 22.9. The Morgan fingerprint density at radius 3 is 2.25 bits per heavy atom. The van der Waals surface area contributed by atoms with Crippen molar-refractivity contribution < 1.29 is 14.0 Å². The molecule has 2 fully saturated rings. The van der Waals surface area contributed by atoms with E-state index in [0.717, 1.165) is 74.9 Å². The maximum atomic E-state index is 13.8. The monoisotopic (exact) mass is 672 g/mol. The van der Waals surface area contributed by atoms with Crippen molar-refractivity contribution in [2.75, 3.05) is 6.54 Å². The lowest BCUT2D eigenvalue weighted by Crippen LogP contribution is -2.33. The number of halogens is 1. The normalized spacial score (nSPS) is 17.9. The summed E-state index contributed by atoms with van der Waals surface area (Å²) in [5.74, 6) is 1.96. The second kappa shape index (κ2) is 23.1. The Labute approximate surface area is 290 Å². The lowest BCUT2D eigenvalue weighted by atomic mass is 9.80. The molecule has 4 rings (SSSR count). The minimum atomic E-state index is -0.617. The number of imidazole rings is 1. The van der Waals surface area contributed by atoms with Crippen molar-refractivity contribution in [2.24, 2.45) is 24.8 Å². The first-order valence-electron chi connectivity index (χ1n) is 18.4. The van der Waals surface area contributed by atoms with Crippen LogP contribution in [0.4, 0.5) is 4.39 Å². The van der Waals surface area contributed by atoms with E-state index in [9.17, 15) is 14.0 Å². The Kier molecular flexibility index (Phi) is 20.6. The van der Waals surface area contributed by atoms with E-state index in [2.05, 4.69) is 60.3 Å². The molecule has 0 aromatic carbocycles. The highest BCUT2D eigenvalue weighted by Gasteiger charge is 2.23. The summed E-state index contributed by atoms with van der Waals surface area (Å²) in [5.41, 5.74) is 4.39. The molecule has 0 spiro atoms. The molecule has 3 unspecified atom stereocenters. The van der Waals surface area contributed by atoms with E-state index in [1.165, 1.54) is 47.9 Å². The lowest BCUT2D eigenvalue weighted by Gasteiger charge is -2.26. The number of aromatic nitrogens is 4. The van der Waals surface area contributed by atoms with Crippen LogP contribution in [0.15, 0.2) is 23.5 Å². The number of rotatable bonds is 11. The van der Waals surface area contributed by atoms with Gasteiger partial charge in [0.25, 0.3) is 5.91 Å². The third kappa shape index (κ3) is 14.9. The second-order valence-electron chi connectivity index (χ2n) is 13.3. The smallest absolute Gasteiger partial charge is 0.273 e. The molecule has 48 heavy (non-hydrogen) atoms. The summed E-state index contributed by atoms with van der Waals surface area (Å²) in [6.07, 6.45) is 16.4. The standard InChI is InChI=1S/C17H26FN5O.C13H23N.C6H11NO.C2H6/c1-5-11(2)7-6-8-14(15-10-19-12(3)21-15)22-17(24)16-13(18)9-20-23(16)4;1-4-10(2)13(11(3)14)12-8-6-5-7-9-12;1-5-2-3-6(8)7-4-5;1-2/h9-11,14H,5-8H2,1-4H3,(H,19,21)(H,22,24);12,14H,4-9H2,1-3H3;5H,2-4H2,1H3,(H,7,8);1-2H3. The first-order valence-corrected chi connectivity index (χ1v) is 18.4. The number of nitrogens with one attached hydrogen (secondary N) is 4. The predicted octanol–water partition coefficient (Wildman–Crippen LogP) is 9.17. The van der Waals surface area contributed by atoms with Crippen molar-refractivity contribution in [1.82, 2.24) is 30.4 Å². The minimum Gasteiger partial charge on any atom is -0.356 e. The fourth-order valence-corrected chi connectivity index (χ4v) is 6.10. The predicted molar refractivity (Wildman–Crippen MR) is 196 cm³/mol. The Morgan fingerprint density at radius 1 is 1.12 bits per heavy atom. The van der Waals surface area contributed by atoms with Crippen LogP contribution < -0.4 is 10.6 Å². The highest BCUT2D eigenvalue weighted by molar-refractivity contribution is 5.96. The number of carbonyl (C=O) groups is 2. The van der Waals surface area contributed by atoms with Crippen LogP contribution in [-0.2, 0) is 11.8 Å². The fourth-order valence-electron chi connectivity index (χ4n) is 6.10. The van der Waals surface area contributed by atoms with Crippen LogP contribution >= 0.6 is 0 Å². The molecule has 272 valence electrons. The SMILES string of the molecule is CC.CC1CCC(=O)NC1.CCC(C)=C(C(C)=N)C1CCCCC1.CCC(C)CCCC(NC(=O)c1c(F)cnn1C)c1cnc(C)[nH]1. The van der Waals surface area contributed by atoms with Gasteiger partial charge in [-0.25, -0.2) is 9.37 Å². The van der Waals surface area contributed by atoms with E-state index in [-0.39, 0.29) is 17.6 Å². The van der Waals surface area contributed by atoms with E-state index in [1.807, 2.05) is 27.7 Å². The van der Waals surface area contributed by atoms with Crippen LogP contribution in [-0.4, -0.2) is 43.8 Å². The van der Waals surface area contributed by atoms with Crippen LogP contribution in [0, 0.1) is 35.9 Å². The molecule has 1 aliphatic carbocycles. The molecule has 1 aliphatic heterocycles. The van der Waals surface area contributed by atoms with Crippen molar-refractivity contribution in [2.45, 2.75) is 145 Å². The highest BCUT2D eigenvalue weighted by Crippen LogP contribution is 2.32. The van der Waals surface area contributed by atoms with Gasteiger partial charge in [0.2, 0.25) is 5.91 Å². The third-order valence-electron chi connectivity index (χ3n) is 9.32. The van der Waals surface area contributed by atoms with E-state index >= 15 is 0 Å². The third-order valence-corrected chi connectivity index (χ3v) is 9.32. The van der Waals surface area contributed by atoms with Gasteiger partial charge in [0.15, 0.2) is 11.5 Å². The molecule has 10 heteroatoms. The van der Waals surface area contributed by atoms with Crippen molar-refractivity contribution in [3.63, 3.8) is 0 Å². The Morgan fingerprint density at radius 2 is 1.79 bits per heavy atom. The van der Waals surface area contributed by atoms with E-state index in [4.69, 9.17) is 5.41 Å². The summed E-state index contributed by atoms with van der Waals surface area (Å²) >= 11 is 0. The van der Waals surface area contributed by atoms with Crippen molar-refractivity contribution in [1.29, 1.82) is 5.41 Å². The van der Waals surface area contributed by atoms with Gasteiger partial charge in [-0.1, -0.05) is 85.6 Å². The van der Waals surface area contributed by atoms with Gasteiger partial charge in [-0.05, 0) is 76.2 Å². The van der Waals surface area contributed by atoms with Gasteiger partial charge in [-0.3, -0.25) is 14.3 Å². The molecular weight excluding hydrogens is 605 g/mol. The quantitative estimate of drug-likeness (QED) is 0.178. The van der Waals surface area contributed by atoms with Crippen LogP contribution in [0.1, 0.15) is 160 Å². The number of amides is 2. The average molecular weight is 672 g/mol. The summed E-state index contributed by atoms with van der Waals surface area (Å²) in [4.78, 5) is 30.3. The van der Waals surface area contributed by atoms with Gasteiger partial charge in [-0.15, -0.1) is 0 Å². The molecule has 2 aliphatic rings. The number of carbonyl (C=O) groups excluding carboxylic acids is 2. The molecular formula is C38H66FN7O2. The number of aryl methyl sites for hydroxylation is 2. The summed E-state index contributed by atoms with van der Waals surface area (Å²) < 4.78 is 15.0. The molecule has 4 N–H and O–H groups in total. The van der Waals surface area contributed by atoms with Gasteiger partial charge >= 0.3 is 0 Å². The molecule has 1 saturated carbocycles. The number of piperidine rings is 1. The van der Waals surface area contributed by atoms with Gasteiger partial charge in [0.1, 0.15) is 5.82 Å². The molecule has 1 saturated heterocycles. The Bertz CT molecular complexity index is 1250. The van der Waals surface area contributed by atoms with E-state index in [1.54, 1.807) is 13.2 Å². The minimum absolute atomic E-state index is 0.0573. The molecule has 2 aromatic rings. The highest BCUT2D eigenvalue weighted by atomic mass is 19.1. The number of allylic oxidation sites excluding steroid dienone is 2. The number of hydrogen-bond acceptors (Lipinski definition) is 5. The average Bonchev–Trinajstić information content (AvgIpc) is 3.67. The van der Waals surface area contributed by atoms with Gasteiger partial charge in [0, 0.05) is 25.7 Å². The van der Waals surface area contributed by atoms with Crippen LogP contribution in [0.5, 0.6) is 0 Å². The number of hydrogen-bond donors (Lipinski definition) is 4. The molecule has 2 amide bonds. The maximum Gasteiger partial charge on any atom is 0.273 e. The van der Waals surface area contributed by atoms with Crippen LogP contribution in [0.3, 0.4) is 0 Å². The van der Waals surface area contributed by atoms with Gasteiger partial charge in [0.05, 0.1) is 24.1 Å². The molecule has 3 atom stereocenters. The maximum absolute atomic E-state index is 13.8. The zero-order valence-electron chi connectivity index (χ0n) is 31.7. The molecule has 2 aromatic heterocycles. The molecule has 0 bridgehead atoms. The van der Waals surface area contributed by atoms with Crippen molar-refractivity contribution in [3.8, 4) is 0 Å². The molecule has 3 heterocycles. The van der Waals surface area contributed by atoms with Crippen molar-refractivity contribution >= 4 is 17.5 Å². The number of H-pyrrole nitrogens is 1. The van der Waals surface area contributed by atoms with E-state index in [0.29, 0.717) is 17.8 Å². The van der Waals surface area contributed by atoms with E-state index < -0.39 is 11.7 Å². The van der Waals surface area contributed by atoms with Gasteiger partial charge in [-0.2, -0.15) is 5.10 Å². The number of nitrogens with zero attached hydrogens (tertiary/aromatic N) is 3. The Hall–Kier alpha value is -3.30. The fraction of sp³-hybridized carbons (Fsp3) is 0.711. The first kappa shape index (κ1) is 42.7. The Balaban J connectivity index is 0.000000402. The van der Waals surface area contributed by atoms with Gasteiger partial charge < -0.3 is 21.0 Å². The number of aromatic amines is 1. The lowest BCUT2D eigenvalue weighted by molar-refractivity contribution is -0.122. The topological polar surface area (TPSA) is 129 Å². The summed E-state index contributed by atoms with van der Waals surface area (Å²) in [6.45, 7) is 19.6. The zero-order valence-corrected chi connectivity index (χ0v) is 31.7. The molecule has 0 radical (unpaired) electrons. The largest absolute Gasteiger partial charge is 0.356 e. The summed E-state index contributed by atoms with van der Waals surface area (Å²) in [7, 11) is 1.55. The molecule has 9 nitrogen and oxygen atoms in total. The summed E-state index contributed by atoms with van der Waals surface area (Å²) in [6, 6.07) is -0.225. The zero-order chi connectivity index (χ0) is 36.2. The van der Waals surface area contributed by atoms with Crippen molar-refractivity contribution in [3.05, 3.63) is 46.6 Å². The van der Waals surface area contributed by atoms with Crippen LogP contribution in [0.25, 0.3) is 0 Å². The summed E-state index contributed by atoms with van der Waals surface area (Å²) in [5, 5.41) is 17.3.